The van der Waals surface area contributed by atoms with E-state index < -0.39 is 0 Å². The van der Waals surface area contributed by atoms with Gasteiger partial charge in [0, 0.05) is 29.4 Å². The molecule has 0 N–H and O–H groups in total. The molecule has 1 amide bonds. The largest absolute Gasteiger partial charge is 0.341 e. The Morgan fingerprint density at radius 1 is 1.21 bits per heavy atom. The second-order valence-electron chi connectivity index (χ2n) is 7.51. The second kappa shape index (κ2) is 6.74. The van der Waals surface area contributed by atoms with E-state index in [1.807, 2.05) is 17.0 Å². The highest BCUT2D eigenvalue weighted by atomic mass is 35.5. The fraction of sp³-hybridized carbons (Fsp3) is 0.400. The van der Waals surface area contributed by atoms with E-state index in [1.54, 1.807) is 23.0 Å². The Balaban J connectivity index is 1.64. The van der Waals surface area contributed by atoms with Crippen molar-refractivity contribution >= 4 is 28.4 Å². The smallest absolute Gasteiger partial charge is 0.293 e. The Bertz CT molecular complexity index is 1130. The van der Waals surface area contributed by atoms with E-state index in [0.29, 0.717) is 22.1 Å². The summed E-state index contributed by atoms with van der Waals surface area (Å²) in [4.78, 5) is 27.7. The Morgan fingerprint density at radius 2 is 2.00 bits per heavy atom. The van der Waals surface area contributed by atoms with Crippen molar-refractivity contribution in [2.75, 3.05) is 13.1 Å². The van der Waals surface area contributed by atoms with Gasteiger partial charge in [-0.2, -0.15) is 10.2 Å². The number of hydrogen-bond donors (Lipinski definition) is 0. The lowest BCUT2D eigenvalue weighted by molar-refractivity contribution is -0.131. The number of hydrogen-bond acceptors (Lipinski definition) is 4. The molecule has 0 radical (unpaired) electrons. The Morgan fingerprint density at radius 3 is 2.71 bits per heavy atom. The average Bonchev–Trinajstić information content (AvgIpc) is 3.19. The summed E-state index contributed by atoms with van der Waals surface area (Å²) in [5.41, 5.74) is 1.72. The van der Waals surface area contributed by atoms with Gasteiger partial charge in [-0.1, -0.05) is 17.7 Å². The van der Waals surface area contributed by atoms with Crippen LogP contribution in [0, 0.1) is 0 Å². The number of likely N-dealkylation sites (tertiary alicyclic amines) is 1. The molecule has 0 atom stereocenters. The van der Waals surface area contributed by atoms with Gasteiger partial charge in [0.15, 0.2) is 0 Å². The van der Waals surface area contributed by atoms with Gasteiger partial charge in [-0.3, -0.25) is 9.59 Å². The van der Waals surface area contributed by atoms with Gasteiger partial charge >= 0.3 is 0 Å². The van der Waals surface area contributed by atoms with Gasteiger partial charge in [-0.15, -0.1) is 0 Å². The molecule has 0 bridgehead atoms. The van der Waals surface area contributed by atoms with E-state index >= 15 is 0 Å². The first-order valence-corrected chi connectivity index (χ1v) is 10.0. The van der Waals surface area contributed by atoms with Crippen LogP contribution in [0.4, 0.5) is 0 Å². The minimum Gasteiger partial charge on any atom is -0.341 e. The standard InChI is InChI=1S/C20H20ClN5O2/c21-14-4-3-5-15(10-14)26-19-16(11-22-26)18(13-6-7-13)23-25(20(19)28)12-17(27)24-8-1-2-9-24/h3-5,10-11,13H,1-2,6-9,12H2. The molecule has 1 aliphatic heterocycles. The average molecular weight is 398 g/mol. The van der Waals surface area contributed by atoms with Crippen LogP contribution in [0.3, 0.4) is 0 Å². The molecule has 3 heterocycles. The summed E-state index contributed by atoms with van der Waals surface area (Å²) >= 11 is 6.13. The van der Waals surface area contributed by atoms with Crippen LogP contribution in [0.1, 0.15) is 37.3 Å². The predicted molar refractivity (Wildman–Crippen MR) is 106 cm³/mol. The first-order valence-electron chi connectivity index (χ1n) is 9.64. The summed E-state index contributed by atoms with van der Waals surface area (Å²) in [6.07, 6.45) is 5.82. The lowest BCUT2D eigenvalue weighted by Gasteiger charge is -2.16. The van der Waals surface area contributed by atoms with Crippen molar-refractivity contribution in [3.8, 4) is 5.69 Å². The number of carbonyl (C=O) groups excluding carboxylic acids is 1. The summed E-state index contributed by atoms with van der Waals surface area (Å²) in [6, 6.07) is 7.23. The lowest BCUT2D eigenvalue weighted by atomic mass is 10.2. The Hall–Kier alpha value is -2.67. The summed E-state index contributed by atoms with van der Waals surface area (Å²) in [5.74, 6) is 0.273. The number of aromatic nitrogens is 4. The van der Waals surface area contributed by atoms with E-state index in [2.05, 4.69) is 10.2 Å². The molecule has 1 saturated carbocycles. The van der Waals surface area contributed by atoms with Crippen LogP contribution in [0.25, 0.3) is 16.6 Å². The molecule has 2 aromatic heterocycles. The van der Waals surface area contributed by atoms with Crippen LogP contribution in [0.15, 0.2) is 35.3 Å². The van der Waals surface area contributed by atoms with Crippen LogP contribution < -0.4 is 5.56 Å². The van der Waals surface area contributed by atoms with Crippen LogP contribution >= 0.6 is 11.6 Å². The van der Waals surface area contributed by atoms with Crippen molar-refractivity contribution in [2.45, 2.75) is 38.1 Å². The third-order valence-corrected chi connectivity index (χ3v) is 5.71. The fourth-order valence-corrected chi connectivity index (χ4v) is 4.04. The SMILES string of the molecule is O=C(Cn1nc(C2CC2)c2cnn(-c3cccc(Cl)c3)c2c1=O)N1CCCC1. The Labute approximate surface area is 166 Å². The number of halogens is 1. The van der Waals surface area contributed by atoms with Crippen molar-refractivity contribution in [3.05, 3.63) is 51.5 Å². The molecular weight excluding hydrogens is 378 g/mol. The van der Waals surface area contributed by atoms with Crippen molar-refractivity contribution in [3.63, 3.8) is 0 Å². The zero-order valence-corrected chi connectivity index (χ0v) is 16.1. The van der Waals surface area contributed by atoms with Crippen molar-refractivity contribution in [1.82, 2.24) is 24.5 Å². The van der Waals surface area contributed by atoms with Gasteiger partial charge in [0.1, 0.15) is 12.1 Å². The molecule has 3 aromatic rings. The summed E-state index contributed by atoms with van der Waals surface area (Å²) in [5, 5.41) is 10.4. The van der Waals surface area contributed by atoms with Gasteiger partial charge in [0.05, 0.1) is 17.6 Å². The quantitative estimate of drug-likeness (QED) is 0.678. The lowest BCUT2D eigenvalue weighted by Crippen LogP contribution is -2.36. The predicted octanol–water partition coefficient (Wildman–Crippen LogP) is 2.74. The third kappa shape index (κ3) is 2.99. The molecule has 2 aliphatic rings. The highest BCUT2D eigenvalue weighted by Crippen LogP contribution is 2.41. The molecule has 2 fully saturated rings. The van der Waals surface area contributed by atoms with Gasteiger partial charge in [0.25, 0.3) is 5.56 Å². The zero-order chi connectivity index (χ0) is 19.3. The molecule has 7 nitrogen and oxygen atoms in total. The molecule has 0 unspecified atom stereocenters. The number of benzene rings is 1. The number of rotatable bonds is 4. The number of amides is 1. The molecule has 5 rings (SSSR count). The number of fused-ring (bicyclic) bond motifs is 1. The van der Waals surface area contributed by atoms with Crippen molar-refractivity contribution in [1.29, 1.82) is 0 Å². The van der Waals surface area contributed by atoms with Crippen LogP contribution in [0.5, 0.6) is 0 Å². The monoisotopic (exact) mass is 397 g/mol. The molecular formula is C20H20ClN5O2. The van der Waals surface area contributed by atoms with Crippen LogP contribution in [-0.4, -0.2) is 43.5 Å². The molecule has 28 heavy (non-hydrogen) atoms. The number of carbonyl (C=O) groups is 1. The summed E-state index contributed by atoms with van der Waals surface area (Å²) in [7, 11) is 0. The molecule has 1 aromatic carbocycles. The normalized spacial score (nSPS) is 16.8. The van der Waals surface area contributed by atoms with E-state index in [1.165, 1.54) is 4.68 Å². The first kappa shape index (κ1) is 17.4. The van der Waals surface area contributed by atoms with Gasteiger partial charge in [-0.25, -0.2) is 9.36 Å². The van der Waals surface area contributed by atoms with E-state index in [0.717, 1.165) is 49.9 Å². The van der Waals surface area contributed by atoms with Gasteiger partial charge in [-0.05, 0) is 43.9 Å². The van der Waals surface area contributed by atoms with E-state index in [-0.39, 0.29) is 18.0 Å². The Kier molecular flexibility index (Phi) is 4.19. The highest BCUT2D eigenvalue weighted by Gasteiger charge is 2.31. The minimum atomic E-state index is -0.301. The zero-order valence-electron chi connectivity index (χ0n) is 15.3. The molecule has 1 saturated heterocycles. The van der Waals surface area contributed by atoms with Gasteiger partial charge < -0.3 is 4.90 Å². The van der Waals surface area contributed by atoms with Crippen LogP contribution in [0.2, 0.25) is 5.02 Å². The van der Waals surface area contributed by atoms with E-state index in [4.69, 9.17) is 11.6 Å². The fourth-order valence-electron chi connectivity index (χ4n) is 3.86. The third-order valence-electron chi connectivity index (χ3n) is 5.47. The second-order valence-corrected chi connectivity index (χ2v) is 7.95. The molecule has 1 aliphatic carbocycles. The van der Waals surface area contributed by atoms with Crippen molar-refractivity contribution < 1.29 is 4.79 Å². The molecule has 144 valence electrons. The maximum absolute atomic E-state index is 13.3. The first-order chi connectivity index (χ1) is 13.6. The highest BCUT2D eigenvalue weighted by molar-refractivity contribution is 6.30. The summed E-state index contributed by atoms with van der Waals surface area (Å²) in [6.45, 7) is 1.48. The number of nitrogens with zero attached hydrogens (tertiary/aromatic N) is 5. The van der Waals surface area contributed by atoms with Crippen LogP contribution in [-0.2, 0) is 11.3 Å². The maximum Gasteiger partial charge on any atom is 0.293 e. The van der Waals surface area contributed by atoms with Crippen molar-refractivity contribution in [2.24, 2.45) is 0 Å². The molecule has 0 spiro atoms. The maximum atomic E-state index is 13.3. The topological polar surface area (TPSA) is 73.0 Å². The van der Waals surface area contributed by atoms with E-state index in [9.17, 15) is 9.59 Å². The summed E-state index contributed by atoms with van der Waals surface area (Å²) < 4.78 is 2.92. The minimum absolute atomic E-state index is 0.0325. The van der Waals surface area contributed by atoms with Gasteiger partial charge in [0.2, 0.25) is 5.91 Å². The molecule has 8 heteroatoms.